The van der Waals surface area contributed by atoms with Gasteiger partial charge in [0, 0.05) is 0 Å². The summed E-state index contributed by atoms with van der Waals surface area (Å²) in [4.78, 5) is 0. The predicted molar refractivity (Wildman–Crippen MR) is 86.8 cm³/mol. The van der Waals surface area contributed by atoms with Crippen LogP contribution >= 0.6 is 0 Å². The maximum atomic E-state index is 6.07. The Hall–Kier alpha value is -1.06. The normalized spacial score (nSPS) is 17.3. The monoisotopic (exact) mass is 291 g/mol. The zero-order valence-electron chi connectivity index (χ0n) is 13.6. The van der Waals surface area contributed by atoms with Crippen molar-refractivity contribution >= 4 is 0 Å². The molecule has 1 aromatic rings. The minimum Gasteiger partial charge on any atom is -0.491 e. The summed E-state index contributed by atoms with van der Waals surface area (Å²) >= 11 is 0. The highest BCUT2D eigenvalue weighted by Gasteiger charge is 2.18. The number of hydrogen-bond donors (Lipinski definition) is 1. The molecule has 0 saturated heterocycles. The van der Waals surface area contributed by atoms with E-state index in [-0.39, 0.29) is 12.1 Å². The Morgan fingerprint density at radius 2 is 1.81 bits per heavy atom. The summed E-state index contributed by atoms with van der Waals surface area (Å²) in [6.45, 7) is 7.93. The Balaban J connectivity index is 1.92. The first-order valence-electron chi connectivity index (χ1n) is 8.30. The van der Waals surface area contributed by atoms with E-state index in [2.05, 4.69) is 36.5 Å². The molecule has 118 valence electrons. The SMILES string of the molecule is CCNC(COC1CCCC1)c1ccc(OC(C)C)cc1. The summed E-state index contributed by atoms with van der Waals surface area (Å²) in [5, 5.41) is 3.52. The van der Waals surface area contributed by atoms with Gasteiger partial charge in [-0.2, -0.15) is 0 Å². The van der Waals surface area contributed by atoms with E-state index >= 15 is 0 Å². The van der Waals surface area contributed by atoms with Crippen molar-refractivity contribution in [3.8, 4) is 5.75 Å². The molecular formula is C18H29NO2. The molecule has 0 bridgehead atoms. The number of hydrogen-bond acceptors (Lipinski definition) is 3. The molecule has 0 aliphatic heterocycles. The maximum Gasteiger partial charge on any atom is 0.119 e. The third kappa shape index (κ3) is 5.33. The molecule has 3 heteroatoms. The average molecular weight is 291 g/mol. The summed E-state index contributed by atoms with van der Waals surface area (Å²) in [6, 6.07) is 8.65. The molecule has 0 radical (unpaired) electrons. The van der Waals surface area contributed by atoms with Crippen LogP contribution in [0.4, 0.5) is 0 Å². The molecule has 1 aromatic carbocycles. The zero-order chi connectivity index (χ0) is 15.1. The summed E-state index contributed by atoms with van der Waals surface area (Å²) in [5.41, 5.74) is 1.27. The van der Waals surface area contributed by atoms with Crippen molar-refractivity contribution in [2.75, 3.05) is 13.2 Å². The number of benzene rings is 1. The molecule has 1 saturated carbocycles. The molecule has 1 aliphatic rings. The van der Waals surface area contributed by atoms with Crippen LogP contribution in [0.15, 0.2) is 24.3 Å². The smallest absolute Gasteiger partial charge is 0.119 e. The van der Waals surface area contributed by atoms with Crippen LogP contribution in [0, 0.1) is 0 Å². The van der Waals surface area contributed by atoms with Gasteiger partial charge in [0.2, 0.25) is 0 Å². The summed E-state index contributed by atoms with van der Waals surface area (Å²) < 4.78 is 11.8. The second-order valence-corrected chi connectivity index (χ2v) is 6.09. The molecular weight excluding hydrogens is 262 g/mol. The number of rotatable bonds is 8. The van der Waals surface area contributed by atoms with Crippen molar-refractivity contribution in [3.63, 3.8) is 0 Å². The third-order valence-corrected chi connectivity index (χ3v) is 3.91. The Labute approximate surface area is 129 Å². The Bertz CT molecular complexity index is 396. The van der Waals surface area contributed by atoms with E-state index in [1.54, 1.807) is 0 Å². The summed E-state index contributed by atoms with van der Waals surface area (Å²) in [6.07, 6.45) is 5.76. The topological polar surface area (TPSA) is 30.5 Å². The van der Waals surface area contributed by atoms with Gasteiger partial charge in [0.15, 0.2) is 0 Å². The molecule has 3 nitrogen and oxygen atoms in total. The highest BCUT2D eigenvalue weighted by Crippen LogP contribution is 2.24. The third-order valence-electron chi connectivity index (χ3n) is 3.91. The molecule has 1 unspecified atom stereocenters. The zero-order valence-corrected chi connectivity index (χ0v) is 13.6. The van der Waals surface area contributed by atoms with E-state index in [1.807, 2.05) is 13.8 Å². The quantitative estimate of drug-likeness (QED) is 0.782. The van der Waals surface area contributed by atoms with Crippen molar-refractivity contribution in [2.24, 2.45) is 0 Å². The molecule has 2 rings (SSSR count). The van der Waals surface area contributed by atoms with Crippen LogP contribution in [0.3, 0.4) is 0 Å². The van der Waals surface area contributed by atoms with E-state index in [1.165, 1.54) is 31.2 Å². The highest BCUT2D eigenvalue weighted by atomic mass is 16.5. The largest absolute Gasteiger partial charge is 0.491 e. The Morgan fingerprint density at radius 3 is 2.38 bits per heavy atom. The fourth-order valence-electron chi connectivity index (χ4n) is 2.86. The fraction of sp³-hybridized carbons (Fsp3) is 0.667. The second kappa shape index (κ2) is 8.40. The fourth-order valence-corrected chi connectivity index (χ4v) is 2.86. The van der Waals surface area contributed by atoms with Gasteiger partial charge in [-0.25, -0.2) is 0 Å². The van der Waals surface area contributed by atoms with Gasteiger partial charge in [-0.3, -0.25) is 0 Å². The van der Waals surface area contributed by atoms with Gasteiger partial charge >= 0.3 is 0 Å². The summed E-state index contributed by atoms with van der Waals surface area (Å²) in [5.74, 6) is 0.931. The van der Waals surface area contributed by atoms with E-state index in [0.29, 0.717) is 6.10 Å². The Kier molecular flexibility index (Phi) is 6.52. The lowest BCUT2D eigenvalue weighted by atomic mass is 10.1. The van der Waals surface area contributed by atoms with Crippen LogP contribution in [0.2, 0.25) is 0 Å². The molecule has 0 aromatic heterocycles. The van der Waals surface area contributed by atoms with Crippen LogP contribution in [-0.4, -0.2) is 25.4 Å². The molecule has 0 heterocycles. The number of ether oxygens (including phenoxy) is 2. The van der Waals surface area contributed by atoms with Gasteiger partial charge < -0.3 is 14.8 Å². The first kappa shape index (κ1) is 16.3. The second-order valence-electron chi connectivity index (χ2n) is 6.09. The molecule has 0 amide bonds. The van der Waals surface area contributed by atoms with E-state index in [4.69, 9.17) is 9.47 Å². The molecule has 21 heavy (non-hydrogen) atoms. The standard InChI is InChI=1S/C18H29NO2/c1-4-19-18(13-20-16-7-5-6-8-16)15-9-11-17(12-10-15)21-14(2)3/h9-12,14,16,18-19H,4-8,13H2,1-3H3. The lowest BCUT2D eigenvalue weighted by Crippen LogP contribution is -2.27. The minimum absolute atomic E-state index is 0.214. The van der Waals surface area contributed by atoms with Gasteiger partial charge in [0.05, 0.1) is 24.9 Å². The van der Waals surface area contributed by atoms with E-state index in [0.717, 1.165) is 18.9 Å². The first-order valence-corrected chi connectivity index (χ1v) is 8.30. The van der Waals surface area contributed by atoms with Crippen LogP contribution in [-0.2, 0) is 4.74 Å². The maximum absolute atomic E-state index is 6.07. The van der Waals surface area contributed by atoms with E-state index < -0.39 is 0 Å². The number of likely N-dealkylation sites (N-methyl/N-ethyl adjacent to an activating group) is 1. The van der Waals surface area contributed by atoms with Crippen molar-refractivity contribution in [3.05, 3.63) is 29.8 Å². The van der Waals surface area contributed by atoms with Gasteiger partial charge in [-0.15, -0.1) is 0 Å². The van der Waals surface area contributed by atoms with E-state index in [9.17, 15) is 0 Å². The first-order chi connectivity index (χ1) is 10.2. The molecule has 1 aliphatic carbocycles. The van der Waals surface area contributed by atoms with Crippen LogP contribution < -0.4 is 10.1 Å². The van der Waals surface area contributed by atoms with Gasteiger partial charge in [0.25, 0.3) is 0 Å². The summed E-state index contributed by atoms with van der Waals surface area (Å²) in [7, 11) is 0. The molecule has 0 spiro atoms. The molecule has 1 N–H and O–H groups in total. The minimum atomic E-state index is 0.214. The van der Waals surface area contributed by atoms with Crippen molar-refractivity contribution in [1.82, 2.24) is 5.32 Å². The lowest BCUT2D eigenvalue weighted by molar-refractivity contribution is 0.0428. The van der Waals surface area contributed by atoms with Crippen LogP contribution in [0.1, 0.15) is 58.1 Å². The van der Waals surface area contributed by atoms with Crippen LogP contribution in [0.5, 0.6) is 5.75 Å². The molecule has 1 atom stereocenters. The van der Waals surface area contributed by atoms with Gasteiger partial charge in [-0.1, -0.05) is 31.9 Å². The average Bonchev–Trinajstić information content (AvgIpc) is 2.97. The predicted octanol–water partition coefficient (Wildman–Crippen LogP) is 4.08. The van der Waals surface area contributed by atoms with Gasteiger partial charge in [-0.05, 0) is 50.9 Å². The highest BCUT2D eigenvalue weighted by molar-refractivity contribution is 5.29. The van der Waals surface area contributed by atoms with Crippen molar-refractivity contribution in [1.29, 1.82) is 0 Å². The number of nitrogens with one attached hydrogen (secondary N) is 1. The van der Waals surface area contributed by atoms with Gasteiger partial charge in [0.1, 0.15) is 5.75 Å². The van der Waals surface area contributed by atoms with Crippen LogP contribution in [0.25, 0.3) is 0 Å². The Morgan fingerprint density at radius 1 is 1.14 bits per heavy atom. The van der Waals surface area contributed by atoms with Crippen molar-refractivity contribution < 1.29 is 9.47 Å². The van der Waals surface area contributed by atoms with Crippen molar-refractivity contribution in [2.45, 2.75) is 64.7 Å². The lowest BCUT2D eigenvalue weighted by Gasteiger charge is -2.21. The molecule has 1 fully saturated rings.